The zero-order chi connectivity index (χ0) is 19.5. The average molecular weight is 383 g/mol. The number of morpholine rings is 1. The van der Waals surface area contributed by atoms with Crippen molar-refractivity contribution in [1.82, 2.24) is 19.8 Å². The summed E-state index contributed by atoms with van der Waals surface area (Å²) in [5.74, 6) is 1.81. The molecule has 2 fully saturated rings. The Morgan fingerprint density at radius 1 is 0.964 bits per heavy atom. The topological polar surface area (TPSA) is 70.8 Å². The molecular formula is C21H30N6O. The second kappa shape index (κ2) is 8.43. The van der Waals surface area contributed by atoms with Crippen molar-refractivity contribution in [1.29, 1.82) is 0 Å². The Morgan fingerprint density at radius 3 is 2.32 bits per heavy atom. The second-order valence-corrected chi connectivity index (χ2v) is 7.74. The van der Waals surface area contributed by atoms with Crippen LogP contribution in [-0.2, 0) is 11.3 Å². The van der Waals surface area contributed by atoms with Gasteiger partial charge >= 0.3 is 0 Å². The van der Waals surface area contributed by atoms with E-state index in [1.54, 1.807) is 0 Å². The predicted octanol–water partition coefficient (Wildman–Crippen LogP) is 1.62. The Hall–Kier alpha value is -2.22. The van der Waals surface area contributed by atoms with Crippen molar-refractivity contribution in [3.8, 4) is 11.4 Å². The number of likely N-dealkylation sites (N-methyl/N-ethyl adjacent to an activating group) is 1. The van der Waals surface area contributed by atoms with E-state index in [0.717, 1.165) is 87.6 Å². The first-order valence-corrected chi connectivity index (χ1v) is 10.1. The van der Waals surface area contributed by atoms with Gasteiger partial charge in [0.1, 0.15) is 5.82 Å². The number of piperazine rings is 1. The molecule has 2 saturated heterocycles. The van der Waals surface area contributed by atoms with Crippen LogP contribution in [0.2, 0.25) is 0 Å². The largest absolute Gasteiger partial charge is 0.399 e. The summed E-state index contributed by atoms with van der Waals surface area (Å²) in [5, 5.41) is 0. The van der Waals surface area contributed by atoms with Gasteiger partial charge in [-0.05, 0) is 38.2 Å². The number of hydrogen-bond donors (Lipinski definition) is 1. The molecule has 0 spiro atoms. The van der Waals surface area contributed by atoms with E-state index in [4.69, 9.17) is 20.4 Å². The fourth-order valence-electron chi connectivity index (χ4n) is 3.77. The number of nitrogen functional groups attached to an aromatic ring is 1. The molecule has 2 N–H and O–H groups in total. The summed E-state index contributed by atoms with van der Waals surface area (Å²) in [4.78, 5) is 17.1. The number of hydrogen-bond acceptors (Lipinski definition) is 7. The molecule has 0 unspecified atom stereocenters. The third kappa shape index (κ3) is 4.27. The van der Waals surface area contributed by atoms with Crippen molar-refractivity contribution in [3.63, 3.8) is 0 Å². The lowest BCUT2D eigenvalue weighted by Gasteiger charge is -2.33. The van der Waals surface area contributed by atoms with Gasteiger partial charge in [-0.15, -0.1) is 0 Å². The Kier molecular flexibility index (Phi) is 5.75. The highest BCUT2D eigenvalue weighted by Gasteiger charge is 2.22. The lowest BCUT2D eigenvalue weighted by molar-refractivity contribution is 0.122. The number of aromatic nitrogens is 2. The molecule has 2 aromatic rings. The van der Waals surface area contributed by atoms with E-state index in [9.17, 15) is 0 Å². The monoisotopic (exact) mass is 382 g/mol. The van der Waals surface area contributed by atoms with Crippen LogP contribution in [0.15, 0.2) is 24.3 Å². The fourth-order valence-corrected chi connectivity index (χ4v) is 3.77. The van der Waals surface area contributed by atoms with Gasteiger partial charge in [-0.1, -0.05) is 0 Å². The maximum absolute atomic E-state index is 5.87. The molecule has 2 aliphatic rings. The summed E-state index contributed by atoms with van der Waals surface area (Å²) in [6.07, 6.45) is 0. The molecule has 7 heteroatoms. The van der Waals surface area contributed by atoms with Crippen LogP contribution < -0.4 is 10.6 Å². The van der Waals surface area contributed by atoms with E-state index < -0.39 is 0 Å². The van der Waals surface area contributed by atoms with Gasteiger partial charge in [-0.3, -0.25) is 4.90 Å². The van der Waals surface area contributed by atoms with E-state index in [0.29, 0.717) is 0 Å². The maximum Gasteiger partial charge on any atom is 0.161 e. The molecular weight excluding hydrogens is 352 g/mol. The minimum Gasteiger partial charge on any atom is -0.399 e. The van der Waals surface area contributed by atoms with Crippen LogP contribution in [0.25, 0.3) is 11.4 Å². The molecule has 2 aliphatic heterocycles. The lowest BCUT2D eigenvalue weighted by atomic mass is 10.1. The predicted molar refractivity (Wildman–Crippen MR) is 112 cm³/mol. The van der Waals surface area contributed by atoms with Crippen LogP contribution in [0.1, 0.15) is 11.3 Å². The van der Waals surface area contributed by atoms with E-state index >= 15 is 0 Å². The van der Waals surface area contributed by atoms with Gasteiger partial charge < -0.3 is 20.3 Å². The van der Waals surface area contributed by atoms with Gasteiger partial charge in [-0.25, -0.2) is 9.97 Å². The van der Waals surface area contributed by atoms with E-state index in [1.165, 1.54) is 5.56 Å². The molecule has 0 bridgehead atoms. The van der Waals surface area contributed by atoms with Crippen LogP contribution >= 0.6 is 0 Å². The molecule has 1 aromatic carbocycles. The molecule has 3 heterocycles. The standard InChI is InChI=1S/C21H30N6O/c1-16-19(15-26-9-7-25(2)8-10-26)23-20(17-3-5-18(22)6-4-17)24-21(16)27-11-13-28-14-12-27/h3-6H,7-15,22H2,1-2H3. The van der Waals surface area contributed by atoms with Gasteiger partial charge in [0.2, 0.25) is 0 Å². The molecule has 28 heavy (non-hydrogen) atoms. The fraction of sp³-hybridized carbons (Fsp3) is 0.524. The third-order valence-electron chi connectivity index (χ3n) is 5.67. The summed E-state index contributed by atoms with van der Waals surface area (Å²) in [6, 6.07) is 7.83. The Balaban J connectivity index is 1.68. The van der Waals surface area contributed by atoms with Crippen molar-refractivity contribution in [2.75, 3.05) is 70.2 Å². The molecule has 0 amide bonds. The minimum absolute atomic E-state index is 0.744. The zero-order valence-electron chi connectivity index (χ0n) is 16.9. The quantitative estimate of drug-likeness (QED) is 0.806. The summed E-state index contributed by atoms with van der Waals surface area (Å²) in [5.41, 5.74) is 9.92. The second-order valence-electron chi connectivity index (χ2n) is 7.74. The zero-order valence-corrected chi connectivity index (χ0v) is 16.9. The van der Waals surface area contributed by atoms with Gasteiger partial charge in [0.15, 0.2) is 5.82 Å². The van der Waals surface area contributed by atoms with Gasteiger partial charge in [0, 0.05) is 62.6 Å². The van der Waals surface area contributed by atoms with Crippen LogP contribution in [-0.4, -0.2) is 79.3 Å². The molecule has 0 radical (unpaired) electrons. The first-order valence-electron chi connectivity index (χ1n) is 10.1. The third-order valence-corrected chi connectivity index (χ3v) is 5.67. The molecule has 7 nitrogen and oxygen atoms in total. The number of rotatable bonds is 4. The van der Waals surface area contributed by atoms with E-state index in [2.05, 4.69) is 28.7 Å². The van der Waals surface area contributed by atoms with Crippen LogP contribution in [0, 0.1) is 6.92 Å². The summed E-state index contributed by atoms with van der Waals surface area (Å²) in [6.45, 7) is 10.6. The molecule has 4 rings (SSSR count). The average Bonchev–Trinajstić information content (AvgIpc) is 2.72. The van der Waals surface area contributed by atoms with Crippen LogP contribution in [0.3, 0.4) is 0 Å². The van der Waals surface area contributed by atoms with E-state index in [1.807, 2.05) is 24.3 Å². The highest BCUT2D eigenvalue weighted by Crippen LogP contribution is 2.27. The van der Waals surface area contributed by atoms with Crippen molar-refractivity contribution in [3.05, 3.63) is 35.5 Å². The molecule has 0 saturated carbocycles. The Morgan fingerprint density at radius 2 is 1.64 bits per heavy atom. The number of benzene rings is 1. The SMILES string of the molecule is Cc1c(CN2CCN(C)CC2)nc(-c2ccc(N)cc2)nc1N1CCOCC1. The first-order chi connectivity index (χ1) is 13.6. The molecule has 150 valence electrons. The summed E-state index contributed by atoms with van der Waals surface area (Å²) in [7, 11) is 2.18. The highest BCUT2D eigenvalue weighted by atomic mass is 16.5. The molecule has 1 aromatic heterocycles. The van der Waals surface area contributed by atoms with Crippen LogP contribution in [0.5, 0.6) is 0 Å². The molecule has 0 aliphatic carbocycles. The van der Waals surface area contributed by atoms with Crippen LogP contribution in [0.4, 0.5) is 11.5 Å². The van der Waals surface area contributed by atoms with Crippen molar-refractivity contribution in [2.24, 2.45) is 0 Å². The molecule has 0 atom stereocenters. The van der Waals surface area contributed by atoms with Gasteiger partial charge in [0.05, 0.1) is 18.9 Å². The first kappa shape index (κ1) is 19.1. The number of nitrogens with two attached hydrogens (primary N) is 1. The van der Waals surface area contributed by atoms with Crippen molar-refractivity contribution < 1.29 is 4.74 Å². The van der Waals surface area contributed by atoms with E-state index in [-0.39, 0.29) is 0 Å². The number of anilines is 2. The van der Waals surface area contributed by atoms with Crippen molar-refractivity contribution >= 4 is 11.5 Å². The summed E-state index contributed by atoms with van der Waals surface area (Å²) >= 11 is 0. The van der Waals surface area contributed by atoms with Crippen molar-refractivity contribution in [2.45, 2.75) is 13.5 Å². The maximum atomic E-state index is 5.87. The highest BCUT2D eigenvalue weighted by molar-refractivity contribution is 5.62. The Bertz CT molecular complexity index is 795. The lowest BCUT2D eigenvalue weighted by Crippen LogP contribution is -2.44. The Labute approximate surface area is 167 Å². The number of nitrogens with zero attached hydrogens (tertiary/aromatic N) is 5. The normalized spacial score (nSPS) is 19.1. The summed E-state index contributed by atoms with van der Waals surface area (Å²) < 4.78 is 5.54. The van der Waals surface area contributed by atoms with Gasteiger partial charge in [-0.2, -0.15) is 0 Å². The number of ether oxygens (including phenoxy) is 1. The minimum atomic E-state index is 0.744. The van der Waals surface area contributed by atoms with Gasteiger partial charge in [0.25, 0.3) is 0 Å². The smallest absolute Gasteiger partial charge is 0.161 e.